The number of hydrogen-bond donors (Lipinski definition) is 1. The molecule has 1 aliphatic rings. The van der Waals surface area contributed by atoms with Crippen molar-refractivity contribution in [1.29, 1.82) is 0 Å². The van der Waals surface area contributed by atoms with Gasteiger partial charge in [0.1, 0.15) is 5.75 Å². The summed E-state index contributed by atoms with van der Waals surface area (Å²) in [6, 6.07) is 5.98. The van der Waals surface area contributed by atoms with Gasteiger partial charge in [0.15, 0.2) is 6.61 Å². The van der Waals surface area contributed by atoms with Gasteiger partial charge in [0.2, 0.25) is 0 Å². The summed E-state index contributed by atoms with van der Waals surface area (Å²) in [6.45, 7) is 7.70. The fourth-order valence-electron chi connectivity index (χ4n) is 2.74. The summed E-state index contributed by atoms with van der Waals surface area (Å²) in [4.78, 5) is 13.8. The lowest BCUT2D eigenvalue weighted by Crippen LogP contribution is -2.42. The predicted molar refractivity (Wildman–Crippen MR) is 82.6 cm³/mol. The quantitative estimate of drug-likeness (QED) is 0.927. The second kappa shape index (κ2) is 6.94. The van der Waals surface area contributed by atoms with Gasteiger partial charge in [0, 0.05) is 13.1 Å². The van der Waals surface area contributed by atoms with Crippen LogP contribution < -0.4 is 4.74 Å². The van der Waals surface area contributed by atoms with Crippen LogP contribution in [-0.2, 0) is 4.79 Å². The number of carbonyl (C=O) groups excluding carboxylic acids is 1. The maximum absolute atomic E-state index is 12.1. The van der Waals surface area contributed by atoms with Crippen LogP contribution in [0.25, 0.3) is 0 Å². The highest BCUT2D eigenvalue weighted by Gasteiger charge is 2.21. The number of likely N-dealkylation sites (tertiary alicyclic amines) is 1. The molecule has 1 N–H and O–H groups in total. The van der Waals surface area contributed by atoms with Gasteiger partial charge in [-0.1, -0.05) is 19.9 Å². The van der Waals surface area contributed by atoms with E-state index in [-0.39, 0.29) is 18.6 Å². The van der Waals surface area contributed by atoms with Crippen molar-refractivity contribution in [2.75, 3.05) is 19.7 Å². The van der Waals surface area contributed by atoms with Crippen molar-refractivity contribution in [3.8, 4) is 5.75 Å². The Kier molecular flexibility index (Phi) is 5.23. The molecule has 116 valence electrons. The van der Waals surface area contributed by atoms with Gasteiger partial charge in [0.05, 0.1) is 6.10 Å². The number of carbonyl (C=O) groups is 1. The minimum atomic E-state index is -0.263. The molecule has 1 aliphatic heterocycles. The van der Waals surface area contributed by atoms with Crippen LogP contribution in [0.2, 0.25) is 0 Å². The summed E-state index contributed by atoms with van der Waals surface area (Å²) in [6.07, 6.45) is 1.06. The highest BCUT2D eigenvalue weighted by Crippen LogP contribution is 2.23. The van der Waals surface area contributed by atoms with Crippen molar-refractivity contribution in [1.82, 2.24) is 4.90 Å². The molecule has 1 fully saturated rings. The monoisotopic (exact) mass is 291 g/mol. The largest absolute Gasteiger partial charge is 0.484 e. The summed E-state index contributed by atoms with van der Waals surface area (Å²) in [5.41, 5.74) is 2.50. The van der Waals surface area contributed by atoms with Crippen LogP contribution >= 0.6 is 0 Å². The molecule has 0 spiro atoms. The normalized spacial score (nSPS) is 16.3. The van der Waals surface area contributed by atoms with Crippen LogP contribution in [0.15, 0.2) is 18.2 Å². The molecule has 0 aliphatic carbocycles. The zero-order valence-electron chi connectivity index (χ0n) is 13.1. The SMILES string of the molecule is Cc1cc(OCC(=O)N2CCC(O)CC2)ccc1C(C)C. The van der Waals surface area contributed by atoms with E-state index in [9.17, 15) is 9.90 Å². The molecule has 4 heteroatoms. The van der Waals surface area contributed by atoms with Crippen molar-refractivity contribution < 1.29 is 14.6 Å². The molecule has 1 heterocycles. The van der Waals surface area contributed by atoms with Crippen molar-refractivity contribution in [3.05, 3.63) is 29.3 Å². The average molecular weight is 291 g/mol. The first kappa shape index (κ1) is 15.8. The molecule has 4 nitrogen and oxygen atoms in total. The van der Waals surface area contributed by atoms with Gasteiger partial charge in [-0.15, -0.1) is 0 Å². The Morgan fingerprint density at radius 2 is 2.05 bits per heavy atom. The standard InChI is InChI=1S/C17H25NO3/c1-12(2)16-5-4-15(10-13(16)3)21-11-17(20)18-8-6-14(19)7-9-18/h4-5,10,12,14,19H,6-9,11H2,1-3H3. The molecule has 0 unspecified atom stereocenters. The molecule has 0 bridgehead atoms. The number of aliphatic hydroxyl groups excluding tert-OH is 1. The summed E-state index contributed by atoms with van der Waals surface area (Å²) >= 11 is 0. The third-order valence-corrected chi connectivity index (χ3v) is 4.04. The smallest absolute Gasteiger partial charge is 0.260 e. The Morgan fingerprint density at radius 3 is 2.62 bits per heavy atom. The highest BCUT2D eigenvalue weighted by molar-refractivity contribution is 5.77. The number of rotatable bonds is 4. The Morgan fingerprint density at radius 1 is 1.38 bits per heavy atom. The third-order valence-electron chi connectivity index (χ3n) is 4.04. The lowest BCUT2D eigenvalue weighted by Gasteiger charge is -2.29. The number of hydrogen-bond acceptors (Lipinski definition) is 3. The van der Waals surface area contributed by atoms with Gasteiger partial charge in [-0.25, -0.2) is 0 Å². The van der Waals surface area contributed by atoms with Gasteiger partial charge >= 0.3 is 0 Å². The molecule has 0 radical (unpaired) electrons. The Labute approximate surface area is 126 Å². The summed E-state index contributed by atoms with van der Waals surface area (Å²) < 4.78 is 5.61. The highest BCUT2D eigenvalue weighted by atomic mass is 16.5. The van der Waals surface area contributed by atoms with Crippen LogP contribution in [0.5, 0.6) is 5.75 Å². The first-order valence-electron chi connectivity index (χ1n) is 7.66. The van der Waals surface area contributed by atoms with E-state index in [2.05, 4.69) is 26.8 Å². The van der Waals surface area contributed by atoms with E-state index in [4.69, 9.17) is 4.74 Å². The molecule has 0 aromatic heterocycles. The molecule has 1 amide bonds. The molecule has 1 aromatic rings. The Balaban J connectivity index is 1.88. The number of piperidine rings is 1. The van der Waals surface area contributed by atoms with Crippen molar-refractivity contribution in [2.24, 2.45) is 0 Å². The van der Waals surface area contributed by atoms with E-state index in [1.807, 2.05) is 12.1 Å². The van der Waals surface area contributed by atoms with E-state index in [1.165, 1.54) is 11.1 Å². The number of ether oxygens (including phenoxy) is 1. The van der Waals surface area contributed by atoms with Crippen molar-refractivity contribution >= 4 is 5.91 Å². The number of amides is 1. The average Bonchev–Trinajstić information content (AvgIpc) is 2.45. The number of aliphatic hydroxyl groups is 1. The van der Waals surface area contributed by atoms with Crippen LogP contribution in [0, 0.1) is 6.92 Å². The zero-order valence-corrected chi connectivity index (χ0v) is 13.1. The molecular formula is C17H25NO3. The van der Waals surface area contributed by atoms with Crippen molar-refractivity contribution in [3.63, 3.8) is 0 Å². The maximum atomic E-state index is 12.1. The molecule has 2 rings (SSSR count). The van der Waals surface area contributed by atoms with E-state index in [0.717, 1.165) is 5.75 Å². The summed E-state index contributed by atoms with van der Waals surface area (Å²) in [5.74, 6) is 1.22. The molecule has 0 saturated carbocycles. The second-order valence-electron chi connectivity index (χ2n) is 6.07. The molecular weight excluding hydrogens is 266 g/mol. The predicted octanol–water partition coefficient (Wildman–Crippen LogP) is 2.48. The molecule has 21 heavy (non-hydrogen) atoms. The number of aryl methyl sites for hydroxylation is 1. The fourth-order valence-corrected chi connectivity index (χ4v) is 2.74. The van der Waals surface area contributed by atoms with E-state index in [1.54, 1.807) is 4.90 Å². The summed E-state index contributed by atoms with van der Waals surface area (Å²) in [7, 11) is 0. The van der Waals surface area contributed by atoms with Crippen LogP contribution in [0.1, 0.15) is 43.7 Å². The maximum Gasteiger partial charge on any atom is 0.260 e. The van der Waals surface area contributed by atoms with E-state index in [0.29, 0.717) is 31.8 Å². The van der Waals surface area contributed by atoms with Crippen molar-refractivity contribution in [2.45, 2.75) is 45.6 Å². The third kappa shape index (κ3) is 4.21. The van der Waals surface area contributed by atoms with Gasteiger partial charge in [-0.2, -0.15) is 0 Å². The van der Waals surface area contributed by atoms with Crippen LogP contribution in [0.4, 0.5) is 0 Å². The van der Waals surface area contributed by atoms with Gasteiger partial charge in [0.25, 0.3) is 5.91 Å². The minimum absolute atomic E-state index is 0.00695. The molecule has 1 aromatic carbocycles. The molecule has 1 saturated heterocycles. The van der Waals surface area contributed by atoms with Gasteiger partial charge < -0.3 is 14.7 Å². The summed E-state index contributed by atoms with van der Waals surface area (Å²) in [5, 5.41) is 9.45. The first-order valence-corrected chi connectivity index (χ1v) is 7.66. The zero-order chi connectivity index (χ0) is 15.4. The van der Waals surface area contributed by atoms with Gasteiger partial charge in [-0.3, -0.25) is 4.79 Å². The van der Waals surface area contributed by atoms with E-state index < -0.39 is 0 Å². The Hall–Kier alpha value is -1.55. The van der Waals surface area contributed by atoms with Crippen LogP contribution in [-0.4, -0.2) is 41.7 Å². The fraction of sp³-hybridized carbons (Fsp3) is 0.588. The Bertz CT molecular complexity index is 491. The topological polar surface area (TPSA) is 49.8 Å². The lowest BCUT2D eigenvalue weighted by atomic mass is 9.98. The van der Waals surface area contributed by atoms with Crippen LogP contribution in [0.3, 0.4) is 0 Å². The number of nitrogens with zero attached hydrogens (tertiary/aromatic N) is 1. The van der Waals surface area contributed by atoms with E-state index >= 15 is 0 Å². The minimum Gasteiger partial charge on any atom is -0.484 e. The molecule has 0 atom stereocenters. The number of benzene rings is 1. The lowest BCUT2D eigenvalue weighted by molar-refractivity contribution is -0.135. The second-order valence-corrected chi connectivity index (χ2v) is 6.07. The first-order chi connectivity index (χ1) is 9.97. The van der Waals surface area contributed by atoms with Gasteiger partial charge in [-0.05, 0) is 48.9 Å².